The first-order chi connectivity index (χ1) is 14.6. The monoisotopic (exact) mass is 476 g/mol. The van der Waals surface area contributed by atoms with E-state index in [4.69, 9.17) is 23.2 Å². The third-order valence-corrected chi connectivity index (χ3v) is 7.01. The third kappa shape index (κ3) is 6.08. The summed E-state index contributed by atoms with van der Waals surface area (Å²) in [7, 11) is -3.95. The van der Waals surface area contributed by atoms with Crippen LogP contribution in [0.25, 0.3) is 0 Å². The Labute approximate surface area is 192 Å². The molecule has 1 N–H and O–H groups in total. The SMILES string of the molecule is Cc1ccc(NC(=O)CN(Cc2ccc(Cl)cc2)S(=O)(=O)c2ccc(Cl)cc2)c(C)c1. The number of benzene rings is 3. The number of hydrogen-bond acceptors (Lipinski definition) is 3. The molecule has 3 aromatic rings. The number of amides is 1. The van der Waals surface area contributed by atoms with Crippen LogP contribution in [0.15, 0.2) is 71.6 Å². The Hall–Kier alpha value is -2.38. The fourth-order valence-electron chi connectivity index (χ4n) is 3.08. The standard InChI is InChI=1S/C23H22Cl2N2O3S/c1-16-3-12-22(17(2)13-16)26-23(28)15-27(14-18-4-6-19(24)7-5-18)31(29,30)21-10-8-20(25)9-11-21/h3-13H,14-15H2,1-2H3,(H,26,28). The number of carbonyl (C=O) groups excluding carboxylic acids is 1. The second kappa shape index (κ2) is 9.83. The molecule has 0 bridgehead atoms. The van der Waals surface area contributed by atoms with Crippen LogP contribution in [0.5, 0.6) is 0 Å². The molecule has 8 heteroatoms. The second-order valence-electron chi connectivity index (χ2n) is 7.22. The molecule has 1 amide bonds. The predicted octanol–water partition coefficient (Wildman–Crippen LogP) is 5.44. The van der Waals surface area contributed by atoms with E-state index < -0.39 is 15.9 Å². The van der Waals surface area contributed by atoms with E-state index >= 15 is 0 Å². The molecule has 0 fully saturated rings. The van der Waals surface area contributed by atoms with Gasteiger partial charge in [-0.25, -0.2) is 8.42 Å². The third-order valence-electron chi connectivity index (χ3n) is 4.70. The van der Waals surface area contributed by atoms with Gasteiger partial charge in [-0.1, -0.05) is 53.0 Å². The van der Waals surface area contributed by atoms with E-state index in [1.807, 2.05) is 26.0 Å². The summed E-state index contributed by atoms with van der Waals surface area (Å²) in [5.74, 6) is -0.432. The maximum absolute atomic E-state index is 13.3. The number of hydrogen-bond donors (Lipinski definition) is 1. The molecule has 0 saturated carbocycles. The van der Waals surface area contributed by atoms with Crippen LogP contribution in [0.4, 0.5) is 5.69 Å². The van der Waals surface area contributed by atoms with E-state index in [2.05, 4.69) is 5.32 Å². The highest BCUT2D eigenvalue weighted by Crippen LogP contribution is 2.22. The fraction of sp³-hybridized carbons (Fsp3) is 0.174. The average Bonchev–Trinajstić information content (AvgIpc) is 2.71. The Balaban J connectivity index is 1.88. The molecule has 0 heterocycles. The van der Waals surface area contributed by atoms with Gasteiger partial charge in [0.25, 0.3) is 0 Å². The van der Waals surface area contributed by atoms with E-state index in [0.29, 0.717) is 21.3 Å². The predicted molar refractivity (Wildman–Crippen MR) is 125 cm³/mol. The minimum Gasteiger partial charge on any atom is -0.325 e. The number of aryl methyl sites for hydroxylation is 2. The van der Waals surface area contributed by atoms with Crippen LogP contribution >= 0.6 is 23.2 Å². The molecule has 0 saturated heterocycles. The Morgan fingerprint density at radius 2 is 1.48 bits per heavy atom. The molecule has 3 rings (SSSR count). The molecule has 0 radical (unpaired) electrons. The Morgan fingerprint density at radius 3 is 2.06 bits per heavy atom. The van der Waals surface area contributed by atoms with Crippen molar-refractivity contribution in [3.63, 3.8) is 0 Å². The van der Waals surface area contributed by atoms with Gasteiger partial charge in [0.2, 0.25) is 15.9 Å². The average molecular weight is 477 g/mol. The number of sulfonamides is 1. The summed E-state index contributed by atoms with van der Waals surface area (Å²) in [4.78, 5) is 12.8. The zero-order valence-corrected chi connectivity index (χ0v) is 19.4. The summed E-state index contributed by atoms with van der Waals surface area (Å²) < 4.78 is 27.7. The first-order valence-electron chi connectivity index (χ1n) is 9.52. The molecule has 0 aliphatic rings. The van der Waals surface area contributed by atoms with E-state index in [9.17, 15) is 13.2 Å². The van der Waals surface area contributed by atoms with Crippen LogP contribution in [0.1, 0.15) is 16.7 Å². The Morgan fingerprint density at radius 1 is 0.903 bits per heavy atom. The molecule has 0 atom stereocenters. The zero-order chi connectivity index (χ0) is 22.6. The molecule has 5 nitrogen and oxygen atoms in total. The molecule has 0 aliphatic heterocycles. The van der Waals surface area contributed by atoms with E-state index in [1.165, 1.54) is 24.3 Å². The second-order valence-corrected chi connectivity index (χ2v) is 10.0. The van der Waals surface area contributed by atoms with Crippen molar-refractivity contribution in [3.05, 3.63) is 93.5 Å². The summed E-state index contributed by atoms with van der Waals surface area (Å²) in [6.45, 7) is 3.52. The minimum absolute atomic E-state index is 0.0163. The van der Waals surface area contributed by atoms with Crippen LogP contribution in [0.2, 0.25) is 10.0 Å². The largest absolute Gasteiger partial charge is 0.325 e. The highest BCUT2D eigenvalue weighted by molar-refractivity contribution is 7.89. The molecule has 0 unspecified atom stereocenters. The molecule has 3 aromatic carbocycles. The van der Waals surface area contributed by atoms with Gasteiger partial charge in [-0.15, -0.1) is 0 Å². The van der Waals surface area contributed by atoms with Crippen molar-refractivity contribution in [3.8, 4) is 0 Å². The number of carbonyl (C=O) groups is 1. The van der Waals surface area contributed by atoms with Crippen molar-refractivity contribution < 1.29 is 13.2 Å². The van der Waals surface area contributed by atoms with Crippen LogP contribution in [0.3, 0.4) is 0 Å². The lowest BCUT2D eigenvalue weighted by Crippen LogP contribution is -2.37. The van der Waals surface area contributed by atoms with Crippen molar-refractivity contribution in [2.45, 2.75) is 25.3 Å². The molecule has 0 aromatic heterocycles. The minimum atomic E-state index is -3.95. The normalized spacial score (nSPS) is 11.5. The van der Waals surface area contributed by atoms with Crippen molar-refractivity contribution in [2.24, 2.45) is 0 Å². The first-order valence-corrected chi connectivity index (χ1v) is 11.7. The van der Waals surface area contributed by atoms with E-state index in [1.54, 1.807) is 30.3 Å². The van der Waals surface area contributed by atoms with Gasteiger partial charge in [-0.2, -0.15) is 4.31 Å². The number of halogens is 2. The zero-order valence-electron chi connectivity index (χ0n) is 17.1. The van der Waals surface area contributed by atoms with Crippen LogP contribution in [-0.2, 0) is 21.4 Å². The number of rotatable bonds is 7. The number of nitrogens with zero attached hydrogens (tertiary/aromatic N) is 1. The summed E-state index contributed by atoms with van der Waals surface area (Å²) in [5.41, 5.74) is 3.33. The van der Waals surface area contributed by atoms with Gasteiger partial charge in [0.05, 0.1) is 11.4 Å². The van der Waals surface area contributed by atoms with Crippen molar-refractivity contribution in [1.29, 1.82) is 0 Å². The molecule has 0 aliphatic carbocycles. The number of nitrogens with one attached hydrogen (secondary N) is 1. The molecular weight excluding hydrogens is 455 g/mol. The highest BCUT2D eigenvalue weighted by Gasteiger charge is 2.27. The smallest absolute Gasteiger partial charge is 0.243 e. The topological polar surface area (TPSA) is 66.5 Å². The van der Waals surface area contributed by atoms with Gasteiger partial charge in [-0.05, 0) is 67.4 Å². The van der Waals surface area contributed by atoms with Crippen molar-refractivity contribution in [2.75, 3.05) is 11.9 Å². The maximum Gasteiger partial charge on any atom is 0.243 e. The van der Waals surface area contributed by atoms with E-state index in [0.717, 1.165) is 15.4 Å². The lowest BCUT2D eigenvalue weighted by Gasteiger charge is -2.22. The van der Waals surface area contributed by atoms with Crippen LogP contribution in [0, 0.1) is 13.8 Å². The Bertz CT molecular complexity index is 1180. The van der Waals surface area contributed by atoms with Gasteiger partial charge >= 0.3 is 0 Å². The van der Waals surface area contributed by atoms with Crippen molar-refractivity contribution in [1.82, 2.24) is 4.31 Å². The number of anilines is 1. The van der Waals surface area contributed by atoms with Gasteiger partial charge in [0.15, 0.2) is 0 Å². The van der Waals surface area contributed by atoms with Gasteiger partial charge in [0, 0.05) is 22.3 Å². The highest BCUT2D eigenvalue weighted by atomic mass is 35.5. The fourth-order valence-corrected chi connectivity index (χ4v) is 4.72. The van der Waals surface area contributed by atoms with Gasteiger partial charge in [0.1, 0.15) is 0 Å². The summed E-state index contributed by atoms with van der Waals surface area (Å²) in [6, 6.07) is 18.3. The lowest BCUT2D eigenvalue weighted by atomic mass is 10.1. The van der Waals surface area contributed by atoms with E-state index in [-0.39, 0.29) is 18.0 Å². The quantitative estimate of drug-likeness (QED) is 0.493. The summed E-state index contributed by atoms with van der Waals surface area (Å²) >= 11 is 11.8. The summed E-state index contributed by atoms with van der Waals surface area (Å²) in [6.07, 6.45) is 0. The van der Waals surface area contributed by atoms with Crippen LogP contribution in [-0.4, -0.2) is 25.2 Å². The van der Waals surface area contributed by atoms with Crippen LogP contribution < -0.4 is 5.32 Å². The Kier molecular flexibility index (Phi) is 7.38. The molecule has 162 valence electrons. The van der Waals surface area contributed by atoms with Crippen molar-refractivity contribution >= 4 is 44.8 Å². The molecule has 0 spiro atoms. The lowest BCUT2D eigenvalue weighted by molar-refractivity contribution is -0.116. The maximum atomic E-state index is 13.3. The first kappa shape index (κ1) is 23.3. The molecular formula is C23H22Cl2N2O3S. The van der Waals surface area contributed by atoms with Gasteiger partial charge in [-0.3, -0.25) is 4.79 Å². The van der Waals surface area contributed by atoms with Gasteiger partial charge < -0.3 is 5.32 Å². The molecule has 31 heavy (non-hydrogen) atoms. The summed E-state index contributed by atoms with van der Waals surface area (Å²) in [5, 5.41) is 3.78.